The quantitative estimate of drug-likeness (QED) is 0.877. The lowest BCUT2D eigenvalue weighted by atomic mass is 10.2. The number of anilines is 1. The molecule has 2 N–H and O–H groups in total. The van der Waals surface area contributed by atoms with Gasteiger partial charge in [-0.3, -0.25) is 4.68 Å². The normalized spacial score (nSPS) is 11.1. The van der Waals surface area contributed by atoms with E-state index in [0.29, 0.717) is 17.7 Å². The van der Waals surface area contributed by atoms with E-state index in [1.807, 2.05) is 17.8 Å². The zero-order valence-electron chi connectivity index (χ0n) is 10.4. The summed E-state index contributed by atoms with van der Waals surface area (Å²) in [7, 11) is 0. The second-order valence-electron chi connectivity index (χ2n) is 4.26. The molecule has 0 unspecified atom stereocenters. The van der Waals surface area contributed by atoms with Gasteiger partial charge < -0.3 is 5.73 Å². The minimum Gasteiger partial charge on any atom is -0.384 e. The van der Waals surface area contributed by atoms with Crippen LogP contribution in [-0.2, 0) is 6.42 Å². The fourth-order valence-electron chi connectivity index (χ4n) is 1.56. The number of hydrogen-bond donors (Lipinski definition) is 1. The Morgan fingerprint density at radius 1 is 1.35 bits per heavy atom. The molecule has 2 heterocycles. The Hall–Kier alpha value is -1.91. The molecule has 17 heavy (non-hydrogen) atoms. The monoisotopic (exact) mass is 231 g/mol. The highest BCUT2D eigenvalue weighted by Crippen LogP contribution is 2.17. The Kier molecular flexibility index (Phi) is 3.08. The lowest BCUT2D eigenvalue weighted by molar-refractivity contribution is 0.532. The molecule has 0 fully saturated rings. The molecule has 0 saturated heterocycles. The fraction of sp³-hybridized carbons (Fsp3) is 0.417. The highest BCUT2D eigenvalue weighted by Gasteiger charge is 2.08. The molecule has 2 aromatic heterocycles. The van der Waals surface area contributed by atoms with Crippen molar-refractivity contribution >= 4 is 5.82 Å². The van der Waals surface area contributed by atoms with E-state index in [-0.39, 0.29) is 0 Å². The van der Waals surface area contributed by atoms with Crippen molar-refractivity contribution in [2.45, 2.75) is 33.2 Å². The number of aryl methyl sites for hydroxylation is 1. The van der Waals surface area contributed by atoms with Crippen LogP contribution in [0.3, 0.4) is 0 Å². The smallest absolute Gasteiger partial charge is 0.164 e. The minimum atomic E-state index is 0.329. The summed E-state index contributed by atoms with van der Waals surface area (Å²) in [5.74, 6) is 1.15. The van der Waals surface area contributed by atoms with Crippen LogP contribution in [0.4, 0.5) is 5.82 Å². The zero-order valence-corrected chi connectivity index (χ0v) is 10.4. The van der Waals surface area contributed by atoms with Gasteiger partial charge in [0, 0.05) is 24.0 Å². The molecule has 0 aromatic carbocycles. The Bertz CT molecular complexity index is 515. The van der Waals surface area contributed by atoms with E-state index in [1.54, 1.807) is 12.3 Å². The molecule has 0 aliphatic carbocycles. The van der Waals surface area contributed by atoms with Crippen LogP contribution in [0.5, 0.6) is 0 Å². The van der Waals surface area contributed by atoms with Crippen LogP contribution in [0.25, 0.3) is 11.4 Å². The van der Waals surface area contributed by atoms with E-state index in [4.69, 9.17) is 5.73 Å². The minimum absolute atomic E-state index is 0.329. The van der Waals surface area contributed by atoms with Gasteiger partial charge in [-0.15, -0.1) is 0 Å². The Morgan fingerprint density at radius 3 is 2.71 bits per heavy atom. The van der Waals surface area contributed by atoms with Crippen molar-refractivity contribution in [3.63, 3.8) is 0 Å². The van der Waals surface area contributed by atoms with Crippen LogP contribution in [-0.4, -0.2) is 19.7 Å². The van der Waals surface area contributed by atoms with Crippen LogP contribution in [0.1, 0.15) is 32.5 Å². The highest BCUT2D eigenvalue weighted by molar-refractivity contribution is 5.54. The summed E-state index contributed by atoms with van der Waals surface area (Å²) in [6, 6.07) is 2.13. The van der Waals surface area contributed by atoms with Crippen LogP contribution in [0, 0.1) is 0 Å². The third-order valence-electron chi connectivity index (χ3n) is 2.55. The van der Waals surface area contributed by atoms with Crippen LogP contribution >= 0.6 is 0 Å². The van der Waals surface area contributed by atoms with E-state index in [9.17, 15) is 0 Å². The SMILES string of the molecule is CCc1cc(N)nc(-c2cnn(C(C)C)c2)n1. The molecular weight excluding hydrogens is 214 g/mol. The Labute approximate surface area is 101 Å². The second-order valence-corrected chi connectivity index (χ2v) is 4.26. The summed E-state index contributed by atoms with van der Waals surface area (Å²) in [4.78, 5) is 8.69. The first-order chi connectivity index (χ1) is 8.10. The third-order valence-corrected chi connectivity index (χ3v) is 2.55. The van der Waals surface area contributed by atoms with Gasteiger partial charge in [0.1, 0.15) is 5.82 Å². The lowest BCUT2D eigenvalue weighted by Crippen LogP contribution is -2.00. The first-order valence-electron chi connectivity index (χ1n) is 5.78. The summed E-state index contributed by atoms with van der Waals surface area (Å²) in [6.07, 6.45) is 4.56. The van der Waals surface area contributed by atoms with E-state index in [2.05, 4.69) is 28.9 Å². The average Bonchev–Trinajstić information content (AvgIpc) is 2.77. The number of nitrogen functional groups attached to an aromatic ring is 1. The summed E-state index contributed by atoms with van der Waals surface area (Å²) in [5.41, 5.74) is 7.61. The predicted octanol–water partition coefficient (Wildman–Crippen LogP) is 2.07. The lowest BCUT2D eigenvalue weighted by Gasteiger charge is -2.04. The molecule has 0 spiro atoms. The number of aromatic nitrogens is 4. The summed E-state index contributed by atoms with van der Waals surface area (Å²) >= 11 is 0. The van der Waals surface area contributed by atoms with Gasteiger partial charge in [0.2, 0.25) is 0 Å². The Morgan fingerprint density at radius 2 is 2.12 bits per heavy atom. The zero-order chi connectivity index (χ0) is 12.4. The maximum absolute atomic E-state index is 5.76. The van der Waals surface area contributed by atoms with E-state index in [1.165, 1.54) is 0 Å². The standard InChI is InChI=1S/C12H17N5/c1-4-10-5-11(13)16-12(15-10)9-6-14-17(7-9)8(2)3/h5-8H,4H2,1-3H3,(H2,13,15,16). The molecule has 2 rings (SSSR count). The number of nitrogens with two attached hydrogens (primary N) is 1. The van der Waals surface area contributed by atoms with Crippen LogP contribution in [0.2, 0.25) is 0 Å². The van der Waals surface area contributed by atoms with E-state index >= 15 is 0 Å². The van der Waals surface area contributed by atoms with Gasteiger partial charge in [0.15, 0.2) is 5.82 Å². The predicted molar refractivity (Wildman–Crippen MR) is 67.4 cm³/mol. The number of nitrogens with zero attached hydrogens (tertiary/aromatic N) is 4. The summed E-state index contributed by atoms with van der Waals surface area (Å²) in [5, 5.41) is 4.27. The second kappa shape index (κ2) is 4.53. The molecule has 90 valence electrons. The molecule has 0 amide bonds. The van der Waals surface area contributed by atoms with E-state index in [0.717, 1.165) is 17.7 Å². The van der Waals surface area contributed by atoms with Crippen molar-refractivity contribution in [1.82, 2.24) is 19.7 Å². The number of hydrogen-bond acceptors (Lipinski definition) is 4. The molecule has 0 radical (unpaired) electrons. The van der Waals surface area contributed by atoms with Gasteiger partial charge in [-0.25, -0.2) is 9.97 Å². The van der Waals surface area contributed by atoms with Crippen LogP contribution < -0.4 is 5.73 Å². The van der Waals surface area contributed by atoms with Gasteiger partial charge >= 0.3 is 0 Å². The molecule has 0 bridgehead atoms. The van der Waals surface area contributed by atoms with Gasteiger partial charge in [-0.1, -0.05) is 6.92 Å². The first kappa shape index (κ1) is 11.6. The van der Waals surface area contributed by atoms with Gasteiger partial charge in [-0.2, -0.15) is 5.10 Å². The van der Waals surface area contributed by atoms with Crippen molar-refractivity contribution in [2.24, 2.45) is 0 Å². The van der Waals surface area contributed by atoms with E-state index < -0.39 is 0 Å². The van der Waals surface area contributed by atoms with Crippen LogP contribution in [0.15, 0.2) is 18.5 Å². The molecule has 0 atom stereocenters. The van der Waals surface area contributed by atoms with Crippen molar-refractivity contribution in [2.75, 3.05) is 5.73 Å². The molecule has 5 nitrogen and oxygen atoms in total. The molecule has 0 aliphatic heterocycles. The maximum atomic E-state index is 5.76. The van der Waals surface area contributed by atoms with Crippen molar-refractivity contribution in [3.8, 4) is 11.4 Å². The average molecular weight is 231 g/mol. The van der Waals surface area contributed by atoms with Gasteiger partial charge in [-0.05, 0) is 20.3 Å². The van der Waals surface area contributed by atoms with Gasteiger partial charge in [0.05, 0.1) is 11.8 Å². The third kappa shape index (κ3) is 2.43. The summed E-state index contributed by atoms with van der Waals surface area (Å²) < 4.78 is 1.88. The highest BCUT2D eigenvalue weighted by atomic mass is 15.3. The maximum Gasteiger partial charge on any atom is 0.164 e. The molecule has 0 saturated carbocycles. The topological polar surface area (TPSA) is 69.6 Å². The fourth-order valence-corrected chi connectivity index (χ4v) is 1.56. The Balaban J connectivity index is 2.41. The molecule has 0 aliphatic rings. The summed E-state index contributed by atoms with van der Waals surface area (Å²) in [6.45, 7) is 6.20. The van der Waals surface area contributed by atoms with Crippen molar-refractivity contribution < 1.29 is 0 Å². The van der Waals surface area contributed by atoms with Crippen molar-refractivity contribution in [1.29, 1.82) is 0 Å². The molecular formula is C12H17N5. The van der Waals surface area contributed by atoms with Crippen molar-refractivity contribution in [3.05, 3.63) is 24.2 Å². The largest absolute Gasteiger partial charge is 0.384 e. The van der Waals surface area contributed by atoms with Gasteiger partial charge in [0.25, 0.3) is 0 Å². The molecule has 5 heteroatoms. The molecule has 2 aromatic rings. The number of rotatable bonds is 3. The first-order valence-corrected chi connectivity index (χ1v) is 5.78.